The Morgan fingerprint density at radius 1 is 0.900 bits per heavy atom. The number of anilines is 2. The van der Waals surface area contributed by atoms with E-state index in [0.29, 0.717) is 22.7 Å². The minimum atomic E-state index is -0.488. The first-order valence-corrected chi connectivity index (χ1v) is 9.31. The Labute approximate surface area is 175 Å². The van der Waals surface area contributed by atoms with Gasteiger partial charge in [-0.05, 0) is 53.6 Å². The summed E-state index contributed by atoms with van der Waals surface area (Å²) >= 11 is 0. The fraction of sp³-hybridized carbons (Fsp3) is 0.125. The summed E-state index contributed by atoms with van der Waals surface area (Å²) in [6.07, 6.45) is 3.01. The molecule has 0 saturated carbocycles. The zero-order chi connectivity index (χ0) is 21.5. The molecule has 0 unspecified atom stereocenters. The predicted octanol–water partition coefficient (Wildman–Crippen LogP) is 4.29. The Balaban J connectivity index is 1.69. The molecule has 0 radical (unpaired) electrons. The van der Waals surface area contributed by atoms with Gasteiger partial charge in [0.1, 0.15) is 18.1 Å². The molecule has 0 heterocycles. The molecule has 0 bridgehead atoms. The van der Waals surface area contributed by atoms with Crippen molar-refractivity contribution in [2.75, 3.05) is 25.7 Å². The van der Waals surface area contributed by atoms with Crippen LogP contribution in [0.15, 0.2) is 66.7 Å². The van der Waals surface area contributed by atoms with E-state index in [-0.39, 0.29) is 6.61 Å². The molecule has 3 aromatic rings. The first-order valence-electron chi connectivity index (χ1n) is 9.31. The molecule has 3 aromatic carbocycles. The van der Waals surface area contributed by atoms with Gasteiger partial charge in [0.25, 0.3) is 0 Å². The van der Waals surface area contributed by atoms with Crippen LogP contribution in [0, 0.1) is 0 Å². The molecule has 0 aliphatic heterocycles. The van der Waals surface area contributed by atoms with E-state index in [4.69, 9.17) is 25.7 Å². The summed E-state index contributed by atoms with van der Waals surface area (Å²) in [5.74, 6) is 0.953. The Morgan fingerprint density at radius 2 is 1.63 bits per heavy atom. The highest BCUT2D eigenvalue weighted by molar-refractivity contribution is 5.88. The van der Waals surface area contributed by atoms with Gasteiger partial charge in [0.15, 0.2) is 0 Å². The van der Waals surface area contributed by atoms with Crippen molar-refractivity contribution < 1.29 is 19.0 Å². The Kier molecular flexibility index (Phi) is 6.60. The zero-order valence-electron chi connectivity index (χ0n) is 16.9. The molecular weight excluding hydrogens is 380 g/mol. The smallest absolute Gasteiger partial charge is 0.331 e. The first-order chi connectivity index (χ1) is 14.5. The van der Waals surface area contributed by atoms with Gasteiger partial charge in [0.2, 0.25) is 0 Å². The maximum absolute atomic E-state index is 12.1. The summed E-state index contributed by atoms with van der Waals surface area (Å²) in [6.45, 7) is 0.0492. The number of ether oxygens (including phenoxy) is 3. The molecule has 6 nitrogen and oxygen atoms in total. The van der Waals surface area contributed by atoms with Gasteiger partial charge in [-0.3, -0.25) is 0 Å². The van der Waals surface area contributed by atoms with Crippen molar-refractivity contribution in [3.63, 3.8) is 0 Å². The van der Waals surface area contributed by atoms with Gasteiger partial charge in [-0.2, -0.15) is 0 Å². The van der Waals surface area contributed by atoms with Crippen molar-refractivity contribution in [2.24, 2.45) is 0 Å². The maximum atomic E-state index is 12.1. The van der Waals surface area contributed by atoms with Crippen LogP contribution in [-0.4, -0.2) is 20.2 Å². The lowest BCUT2D eigenvalue weighted by molar-refractivity contribution is -0.138. The molecule has 0 amide bonds. The van der Waals surface area contributed by atoms with E-state index in [2.05, 4.69) is 0 Å². The van der Waals surface area contributed by atoms with Gasteiger partial charge in [-0.15, -0.1) is 0 Å². The van der Waals surface area contributed by atoms with E-state index in [1.165, 1.54) is 6.08 Å². The minimum Gasteiger partial charge on any atom is -0.497 e. The summed E-state index contributed by atoms with van der Waals surface area (Å²) < 4.78 is 15.9. The molecule has 0 spiro atoms. The summed E-state index contributed by atoms with van der Waals surface area (Å²) in [6, 6.07) is 18.6. The molecule has 4 N–H and O–H groups in total. The SMILES string of the molecule is COc1ccc(-c2ccc(/C=C/C(=O)OCc3cc(N)ccc3N)c(OC)c2)cc1. The molecule has 154 valence electrons. The number of esters is 1. The monoisotopic (exact) mass is 404 g/mol. The topological polar surface area (TPSA) is 96.8 Å². The van der Waals surface area contributed by atoms with Crippen molar-refractivity contribution in [1.29, 1.82) is 0 Å². The van der Waals surface area contributed by atoms with Gasteiger partial charge in [-0.25, -0.2) is 4.79 Å². The lowest BCUT2D eigenvalue weighted by atomic mass is 10.0. The number of carbonyl (C=O) groups excluding carboxylic acids is 1. The highest BCUT2D eigenvalue weighted by Crippen LogP contribution is 2.29. The van der Waals surface area contributed by atoms with Crippen LogP contribution in [0.5, 0.6) is 11.5 Å². The van der Waals surface area contributed by atoms with Crippen molar-refractivity contribution in [1.82, 2.24) is 0 Å². The van der Waals surface area contributed by atoms with Crippen LogP contribution in [0.1, 0.15) is 11.1 Å². The number of benzene rings is 3. The fourth-order valence-corrected chi connectivity index (χ4v) is 2.92. The second-order valence-electron chi connectivity index (χ2n) is 6.58. The lowest BCUT2D eigenvalue weighted by Gasteiger charge is -2.09. The molecule has 0 fully saturated rings. The quantitative estimate of drug-likeness (QED) is 0.346. The highest BCUT2D eigenvalue weighted by Gasteiger charge is 2.07. The Bertz CT molecular complexity index is 1060. The maximum Gasteiger partial charge on any atom is 0.331 e. The summed E-state index contributed by atoms with van der Waals surface area (Å²) in [5, 5.41) is 0. The summed E-state index contributed by atoms with van der Waals surface area (Å²) in [4.78, 5) is 12.1. The van der Waals surface area contributed by atoms with Crippen LogP contribution in [0.4, 0.5) is 11.4 Å². The molecule has 0 aliphatic carbocycles. The van der Waals surface area contributed by atoms with E-state index in [0.717, 1.165) is 22.4 Å². The van der Waals surface area contributed by atoms with Crippen molar-refractivity contribution in [2.45, 2.75) is 6.61 Å². The molecule has 0 aliphatic rings. The third-order valence-corrected chi connectivity index (χ3v) is 4.59. The molecule has 0 saturated heterocycles. The number of hydrogen-bond acceptors (Lipinski definition) is 6. The number of nitrogen functional groups attached to an aromatic ring is 2. The van der Waals surface area contributed by atoms with Crippen LogP contribution in [-0.2, 0) is 16.1 Å². The number of rotatable bonds is 7. The molecule has 6 heteroatoms. The predicted molar refractivity (Wildman–Crippen MR) is 119 cm³/mol. The fourth-order valence-electron chi connectivity index (χ4n) is 2.92. The third-order valence-electron chi connectivity index (χ3n) is 4.59. The molecule has 0 atom stereocenters. The minimum absolute atomic E-state index is 0.0492. The zero-order valence-corrected chi connectivity index (χ0v) is 16.9. The molecule has 0 aromatic heterocycles. The van der Waals surface area contributed by atoms with Gasteiger partial charge < -0.3 is 25.7 Å². The van der Waals surface area contributed by atoms with Crippen LogP contribution in [0.3, 0.4) is 0 Å². The number of methoxy groups -OCH3 is 2. The molecule has 30 heavy (non-hydrogen) atoms. The van der Waals surface area contributed by atoms with E-state index in [9.17, 15) is 4.79 Å². The van der Waals surface area contributed by atoms with Gasteiger partial charge in [-0.1, -0.05) is 24.3 Å². The van der Waals surface area contributed by atoms with Crippen LogP contribution < -0.4 is 20.9 Å². The third kappa shape index (κ3) is 5.11. The van der Waals surface area contributed by atoms with E-state index in [1.54, 1.807) is 38.5 Å². The lowest BCUT2D eigenvalue weighted by Crippen LogP contribution is -2.04. The van der Waals surface area contributed by atoms with E-state index < -0.39 is 5.97 Å². The van der Waals surface area contributed by atoms with E-state index >= 15 is 0 Å². The van der Waals surface area contributed by atoms with Crippen LogP contribution in [0.2, 0.25) is 0 Å². The second-order valence-corrected chi connectivity index (χ2v) is 6.58. The average Bonchev–Trinajstić information content (AvgIpc) is 2.78. The molecular formula is C24H24N2O4. The largest absolute Gasteiger partial charge is 0.497 e. The Morgan fingerprint density at radius 3 is 2.33 bits per heavy atom. The van der Waals surface area contributed by atoms with Crippen molar-refractivity contribution in [3.8, 4) is 22.6 Å². The van der Waals surface area contributed by atoms with Gasteiger partial charge in [0, 0.05) is 28.6 Å². The normalized spacial score (nSPS) is 10.7. The number of carbonyl (C=O) groups is 1. The van der Waals surface area contributed by atoms with Crippen LogP contribution in [0.25, 0.3) is 17.2 Å². The highest BCUT2D eigenvalue weighted by atomic mass is 16.5. The number of nitrogens with two attached hydrogens (primary N) is 2. The van der Waals surface area contributed by atoms with Crippen molar-refractivity contribution >= 4 is 23.4 Å². The summed E-state index contributed by atoms with van der Waals surface area (Å²) in [7, 11) is 3.22. The van der Waals surface area contributed by atoms with E-state index in [1.807, 2.05) is 42.5 Å². The molecule has 3 rings (SSSR count). The Hall–Kier alpha value is -3.93. The number of hydrogen-bond donors (Lipinski definition) is 2. The first kappa shape index (κ1) is 20.8. The summed E-state index contributed by atoms with van der Waals surface area (Å²) in [5.41, 5.74) is 16.1. The van der Waals surface area contributed by atoms with Crippen LogP contribution >= 0.6 is 0 Å². The second kappa shape index (κ2) is 9.52. The van der Waals surface area contributed by atoms with Gasteiger partial charge in [0.05, 0.1) is 14.2 Å². The average molecular weight is 404 g/mol. The standard InChI is InChI=1S/C24H24N2O4/c1-28-21-9-5-16(6-10-21)18-4-3-17(23(14-18)29-2)7-12-24(27)30-15-19-13-20(25)8-11-22(19)26/h3-14H,15,25-26H2,1-2H3/b12-7+. The van der Waals surface area contributed by atoms with Crippen molar-refractivity contribution in [3.05, 3.63) is 77.9 Å². The van der Waals surface area contributed by atoms with Gasteiger partial charge >= 0.3 is 5.97 Å².